The second-order valence-corrected chi connectivity index (χ2v) is 5.74. The van der Waals surface area contributed by atoms with Crippen LogP contribution in [-0.2, 0) is 4.79 Å². The molecule has 4 nitrogen and oxygen atoms in total. The maximum atomic E-state index is 12.9. The summed E-state index contributed by atoms with van der Waals surface area (Å²) in [6, 6.07) is 6.37. The number of imidazole rings is 1. The summed E-state index contributed by atoms with van der Waals surface area (Å²) in [5, 5.41) is 3.58. The molecule has 112 valence electrons. The van der Waals surface area contributed by atoms with Crippen molar-refractivity contribution < 1.29 is 9.18 Å². The third kappa shape index (κ3) is 4.60. The molecule has 0 unspecified atom stereocenters. The molecule has 1 heterocycles. The molecule has 0 saturated heterocycles. The van der Waals surface area contributed by atoms with Crippen LogP contribution < -0.4 is 5.32 Å². The summed E-state index contributed by atoms with van der Waals surface area (Å²) in [4.78, 5) is 19.0. The highest BCUT2D eigenvalue weighted by atomic mass is 32.2. The zero-order valence-electron chi connectivity index (χ0n) is 12.0. The molecule has 1 amide bonds. The third-order valence-electron chi connectivity index (χ3n) is 3.07. The summed E-state index contributed by atoms with van der Waals surface area (Å²) < 4.78 is 12.9. The topological polar surface area (TPSA) is 57.8 Å². The third-order valence-corrected chi connectivity index (χ3v) is 3.95. The number of nitrogens with one attached hydrogen (secondary N) is 2. The van der Waals surface area contributed by atoms with E-state index in [0.29, 0.717) is 10.9 Å². The molecule has 1 aromatic heterocycles. The van der Waals surface area contributed by atoms with E-state index in [0.717, 1.165) is 17.7 Å². The van der Waals surface area contributed by atoms with E-state index < -0.39 is 0 Å². The van der Waals surface area contributed by atoms with E-state index in [1.54, 1.807) is 18.3 Å². The molecular formula is C15H18FN3OS. The van der Waals surface area contributed by atoms with E-state index >= 15 is 0 Å². The number of thioether (sulfide) groups is 1. The van der Waals surface area contributed by atoms with Crippen molar-refractivity contribution >= 4 is 17.7 Å². The van der Waals surface area contributed by atoms with Gasteiger partial charge in [0.05, 0.1) is 17.6 Å². The van der Waals surface area contributed by atoms with Gasteiger partial charge >= 0.3 is 0 Å². The van der Waals surface area contributed by atoms with Crippen LogP contribution in [0, 0.1) is 5.82 Å². The van der Waals surface area contributed by atoms with E-state index in [2.05, 4.69) is 15.3 Å². The number of rotatable bonds is 6. The second-order valence-electron chi connectivity index (χ2n) is 4.77. The van der Waals surface area contributed by atoms with Gasteiger partial charge in [-0.3, -0.25) is 4.79 Å². The molecule has 1 aromatic carbocycles. The summed E-state index contributed by atoms with van der Waals surface area (Å²) >= 11 is 1.35. The lowest BCUT2D eigenvalue weighted by Gasteiger charge is -2.10. The van der Waals surface area contributed by atoms with Crippen molar-refractivity contribution in [2.75, 3.05) is 5.75 Å². The molecule has 0 aliphatic rings. The zero-order valence-corrected chi connectivity index (χ0v) is 12.8. The first-order valence-corrected chi connectivity index (χ1v) is 7.80. The number of hydrogen-bond acceptors (Lipinski definition) is 3. The van der Waals surface area contributed by atoms with Crippen LogP contribution in [0.2, 0.25) is 0 Å². The molecular weight excluding hydrogens is 289 g/mol. The summed E-state index contributed by atoms with van der Waals surface area (Å²) in [5.74, 6) is 0.0458. The molecule has 0 fully saturated rings. The van der Waals surface area contributed by atoms with Gasteiger partial charge in [-0.25, -0.2) is 9.37 Å². The van der Waals surface area contributed by atoms with Gasteiger partial charge in [0.1, 0.15) is 5.82 Å². The quantitative estimate of drug-likeness (QED) is 0.806. The van der Waals surface area contributed by atoms with Crippen LogP contribution in [0.1, 0.15) is 20.3 Å². The largest absolute Gasteiger partial charge is 0.353 e. The highest BCUT2D eigenvalue weighted by Crippen LogP contribution is 2.21. The fourth-order valence-corrected chi connectivity index (χ4v) is 2.37. The number of aromatic nitrogens is 2. The Morgan fingerprint density at radius 2 is 2.14 bits per heavy atom. The zero-order chi connectivity index (χ0) is 15.2. The molecule has 2 aromatic rings. The van der Waals surface area contributed by atoms with E-state index in [9.17, 15) is 9.18 Å². The number of carbonyl (C=O) groups is 1. The molecule has 2 rings (SSSR count). The number of amides is 1. The van der Waals surface area contributed by atoms with Crippen LogP contribution in [0.15, 0.2) is 35.6 Å². The van der Waals surface area contributed by atoms with Crippen LogP contribution in [0.5, 0.6) is 0 Å². The van der Waals surface area contributed by atoms with Crippen LogP contribution in [0.3, 0.4) is 0 Å². The standard InChI is InChI=1S/C15H18FN3OS/c1-3-10(2)18-14(20)9-21-15-17-8-13(19-15)11-4-6-12(16)7-5-11/h4-8,10H,3,9H2,1-2H3,(H,17,19)(H,18,20)/t10-/m1/s1. The van der Waals surface area contributed by atoms with E-state index in [-0.39, 0.29) is 17.8 Å². The molecule has 6 heteroatoms. The molecule has 0 aliphatic heterocycles. The van der Waals surface area contributed by atoms with Gasteiger partial charge in [-0.05, 0) is 43.2 Å². The SMILES string of the molecule is CC[C@@H](C)NC(=O)CSc1ncc(-c2ccc(F)cc2)[nH]1. The Bertz CT molecular complexity index is 597. The Morgan fingerprint density at radius 1 is 1.43 bits per heavy atom. The maximum absolute atomic E-state index is 12.9. The van der Waals surface area contributed by atoms with Crippen molar-refractivity contribution in [3.63, 3.8) is 0 Å². The average molecular weight is 307 g/mol. The molecule has 0 saturated carbocycles. The van der Waals surface area contributed by atoms with Gasteiger partial charge in [0.15, 0.2) is 5.16 Å². The molecule has 1 atom stereocenters. The van der Waals surface area contributed by atoms with Crippen molar-refractivity contribution in [2.45, 2.75) is 31.5 Å². The van der Waals surface area contributed by atoms with Gasteiger partial charge in [-0.2, -0.15) is 0 Å². The first-order valence-electron chi connectivity index (χ1n) is 6.81. The van der Waals surface area contributed by atoms with Crippen LogP contribution >= 0.6 is 11.8 Å². The Balaban J connectivity index is 1.91. The number of H-pyrrole nitrogens is 1. The minimum Gasteiger partial charge on any atom is -0.353 e. The van der Waals surface area contributed by atoms with Crippen LogP contribution in [0.4, 0.5) is 4.39 Å². The monoisotopic (exact) mass is 307 g/mol. The summed E-state index contributed by atoms with van der Waals surface area (Å²) in [6.07, 6.45) is 2.59. The summed E-state index contributed by atoms with van der Waals surface area (Å²) in [7, 11) is 0. The predicted octanol–water partition coefficient (Wildman–Crippen LogP) is 3.22. The number of aromatic amines is 1. The van der Waals surface area contributed by atoms with Gasteiger partial charge in [-0.1, -0.05) is 18.7 Å². The lowest BCUT2D eigenvalue weighted by Crippen LogP contribution is -2.33. The van der Waals surface area contributed by atoms with E-state index in [1.807, 2.05) is 13.8 Å². The fourth-order valence-electron chi connectivity index (χ4n) is 1.70. The molecule has 0 bridgehead atoms. The summed E-state index contributed by atoms with van der Waals surface area (Å²) in [5.41, 5.74) is 1.67. The number of carbonyl (C=O) groups excluding carboxylic acids is 1. The lowest BCUT2D eigenvalue weighted by atomic mass is 10.2. The predicted molar refractivity (Wildman–Crippen MR) is 82.6 cm³/mol. The van der Waals surface area contributed by atoms with E-state index in [4.69, 9.17) is 0 Å². The number of benzene rings is 1. The number of halogens is 1. The summed E-state index contributed by atoms with van der Waals surface area (Å²) in [6.45, 7) is 4.00. The number of hydrogen-bond donors (Lipinski definition) is 2. The van der Waals surface area contributed by atoms with Crippen LogP contribution in [-0.4, -0.2) is 27.7 Å². The highest BCUT2D eigenvalue weighted by Gasteiger charge is 2.09. The normalized spacial score (nSPS) is 12.1. The van der Waals surface area contributed by atoms with Crippen molar-refractivity contribution in [1.82, 2.24) is 15.3 Å². The van der Waals surface area contributed by atoms with Crippen molar-refractivity contribution in [1.29, 1.82) is 0 Å². The van der Waals surface area contributed by atoms with Gasteiger partial charge < -0.3 is 10.3 Å². The smallest absolute Gasteiger partial charge is 0.230 e. The Morgan fingerprint density at radius 3 is 2.81 bits per heavy atom. The van der Waals surface area contributed by atoms with Gasteiger partial charge in [0.2, 0.25) is 5.91 Å². The molecule has 21 heavy (non-hydrogen) atoms. The van der Waals surface area contributed by atoms with Crippen molar-refractivity contribution in [3.05, 3.63) is 36.3 Å². The van der Waals surface area contributed by atoms with Crippen molar-refractivity contribution in [3.8, 4) is 11.3 Å². The average Bonchev–Trinajstić information content (AvgIpc) is 2.94. The molecule has 0 spiro atoms. The minimum atomic E-state index is -0.269. The maximum Gasteiger partial charge on any atom is 0.230 e. The van der Waals surface area contributed by atoms with Crippen LogP contribution in [0.25, 0.3) is 11.3 Å². The molecule has 0 aliphatic carbocycles. The molecule has 0 radical (unpaired) electrons. The van der Waals surface area contributed by atoms with Gasteiger partial charge in [-0.15, -0.1) is 0 Å². The Hall–Kier alpha value is -1.82. The highest BCUT2D eigenvalue weighted by molar-refractivity contribution is 7.99. The fraction of sp³-hybridized carbons (Fsp3) is 0.333. The lowest BCUT2D eigenvalue weighted by molar-refractivity contribution is -0.119. The Labute approximate surface area is 127 Å². The van der Waals surface area contributed by atoms with Crippen molar-refractivity contribution in [2.24, 2.45) is 0 Å². The molecule has 2 N–H and O–H groups in total. The second kappa shape index (κ2) is 7.26. The first-order chi connectivity index (χ1) is 10.1. The first kappa shape index (κ1) is 15.6. The van der Waals surface area contributed by atoms with Gasteiger partial charge in [0.25, 0.3) is 0 Å². The van der Waals surface area contributed by atoms with E-state index in [1.165, 1.54) is 23.9 Å². The minimum absolute atomic E-state index is 0.00548. The Kier molecular flexibility index (Phi) is 5.38. The van der Waals surface area contributed by atoms with Gasteiger partial charge in [0, 0.05) is 6.04 Å². The number of nitrogens with zero attached hydrogens (tertiary/aromatic N) is 1.